The van der Waals surface area contributed by atoms with E-state index in [9.17, 15) is 9.36 Å². The number of benzene rings is 1. The third-order valence-corrected chi connectivity index (χ3v) is 3.51. The van der Waals surface area contributed by atoms with Crippen molar-refractivity contribution in [3.05, 3.63) is 53.9 Å². The van der Waals surface area contributed by atoms with Gasteiger partial charge in [0.25, 0.3) is 0 Å². The maximum Gasteiger partial charge on any atom is 0.524 e. The number of nitrogens with two attached hydrogens (primary N) is 1. The van der Waals surface area contributed by atoms with Crippen LogP contribution >= 0.6 is 20.0 Å². The van der Waals surface area contributed by atoms with E-state index in [4.69, 9.17) is 20.3 Å². The van der Waals surface area contributed by atoms with Gasteiger partial charge in [0.2, 0.25) is 0 Å². The van der Waals surface area contributed by atoms with E-state index in [0.717, 1.165) is 0 Å². The molecule has 0 aliphatic rings. The second kappa shape index (κ2) is 9.76. The summed E-state index contributed by atoms with van der Waals surface area (Å²) in [5.74, 6) is -0.0957. The highest BCUT2D eigenvalue weighted by Crippen LogP contribution is 2.39. The summed E-state index contributed by atoms with van der Waals surface area (Å²) < 4.78 is 20.6. The lowest BCUT2D eigenvalue weighted by atomic mass is 10.2. The molecule has 0 fully saturated rings. The van der Waals surface area contributed by atoms with Crippen LogP contribution in [0.15, 0.2) is 47.7 Å². The SMILES string of the molecule is NC(=S)N/N=C/c1ncccc1NC(=O)OCc1ccccc1OP(=O)(O)O. The summed E-state index contributed by atoms with van der Waals surface area (Å²) in [6.07, 6.45) is 1.97. The lowest BCUT2D eigenvalue weighted by Gasteiger charge is -2.12. The van der Waals surface area contributed by atoms with Gasteiger partial charge in [-0.1, -0.05) is 18.2 Å². The Morgan fingerprint density at radius 2 is 2.07 bits per heavy atom. The van der Waals surface area contributed by atoms with Crippen molar-refractivity contribution in [1.82, 2.24) is 10.4 Å². The van der Waals surface area contributed by atoms with Crippen molar-refractivity contribution in [2.75, 3.05) is 5.32 Å². The summed E-state index contributed by atoms with van der Waals surface area (Å²) >= 11 is 4.62. The topological polar surface area (TPSA) is 168 Å². The number of carbonyl (C=O) groups is 1. The second-order valence-corrected chi connectivity index (χ2v) is 6.66. The van der Waals surface area contributed by atoms with E-state index in [1.54, 1.807) is 18.2 Å². The molecule has 0 atom stereocenters. The summed E-state index contributed by atoms with van der Waals surface area (Å²) in [5, 5.41) is 6.22. The van der Waals surface area contributed by atoms with Gasteiger partial charge in [0.15, 0.2) is 5.11 Å². The van der Waals surface area contributed by atoms with Gasteiger partial charge in [0.1, 0.15) is 18.1 Å². The van der Waals surface area contributed by atoms with Crippen LogP contribution in [0.4, 0.5) is 10.5 Å². The second-order valence-electron chi connectivity index (χ2n) is 5.06. The zero-order chi connectivity index (χ0) is 20.6. The van der Waals surface area contributed by atoms with E-state index in [2.05, 4.69) is 37.6 Å². The molecule has 13 heteroatoms. The Hall–Kier alpha value is -3.05. The number of phosphoric ester groups is 1. The number of hydrazone groups is 1. The van der Waals surface area contributed by atoms with Crippen LogP contribution in [-0.2, 0) is 15.9 Å². The van der Waals surface area contributed by atoms with Gasteiger partial charge in [-0.3, -0.25) is 25.5 Å². The number of para-hydroxylation sites is 1. The normalized spacial score (nSPS) is 11.1. The first-order chi connectivity index (χ1) is 13.2. The molecule has 6 N–H and O–H groups in total. The first-order valence-corrected chi connectivity index (χ1v) is 9.49. The highest BCUT2D eigenvalue weighted by atomic mass is 32.1. The molecule has 0 unspecified atom stereocenters. The molecule has 1 aromatic heterocycles. The fourth-order valence-corrected chi connectivity index (χ4v) is 2.40. The van der Waals surface area contributed by atoms with Crippen LogP contribution in [0.25, 0.3) is 0 Å². The Labute approximate surface area is 164 Å². The quantitative estimate of drug-likeness (QED) is 0.189. The average Bonchev–Trinajstić information content (AvgIpc) is 2.61. The Morgan fingerprint density at radius 3 is 2.79 bits per heavy atom. The highest BCUT2D eigenvalue weighted by molar-refractivity contribution is 7.80. The molecule has 0 bridgehead atoms. The predicted octanol–water partition coefficient (Wildman–Crippen LogP) is 1.47. The van der Waals surface area contributed by atoms with Crippen LogP contribution in [0.3, 0.4) is 0 Å². The smallest absolute Gasteiger partial charge is 0.444 e. The van der Waals surface area contributed by atoms with Crippen molar-refractivity contribution in [2.24, 2.45) is 10.8 Å². The van der Waals surface area contributed by atoms with Crippen LogP contribution < -0.4 is 21.0 Å². The number of nitrogens with zero attached hydrogens (tertiary/aromatic N) is 2. The zero-order valence-electron chi connectivity index (χ0n) is 14.2. The lowest BCUT2D eigenvalue weighted by molar-refractivity contribution is 0.154. The molecule has 0 aliphatic carbocycles. The number of pyridine rings is 1. The summed E-state index contributed by atoms with van der Waals surface area (Å²) in [6, 6.07) is 9.14. The molecule has 0 spiro atoms. The standard InChI is InChI=1S/C15H16N5O6PS/c16-14(28)20-18-8-12-11(5-3-7-17-12)19-15(21)25-9-10-4-1-2-6-13(10)26-27(22,23)24/h1-8H,9H2,(H,19,21)(H3,16,20,28)(H2,22,23,24)/b18-8+. The van der Waals surface area contributed by atoms with Gasteiger partial charge in [-0.2, -0.15) is 5.10 Å². The van der Waals surface area contributed by atoms with Crippen LogP contribution in [-0.4, -0.2) is 32.2 Å². The highest BCUT2D eigenvalue weighted by Gasteiger charge is 2.18. The first-order valence-electron chi connectivity index (χ1n) is 7.55. The van der Waals surface area contributed by atoms with Crippen LogP contribution in [0.1, 0.15) is 11.3 Å². The van der Waals surface area contributed by atoms with Crippen molar-refractivity contribution >= 4 is 43.1 Å². The predicted molar refractivity (Wildman–Crippen MR) is 105 cm³/mol. The van der Waals surface area contributed by atoms with Crippen molar-refractivity contribution in [3.8, 4) is 5.75 Å². The van der Waals surface area contributed by atoms with Gasteiger partial charge in [-0.15, -0.1) is 0 Å². The zero-order valence-corrected chi connectivity index (χ0v) is 15.9. The number of thiocarbonyl (C=S) groups is 1. The summed E-state index contributed by atoms with van der Waals surface area (Å²) in [7, 11) is -4.74. The third kappa shape index (κ3) is 7.29. The van der Waals surface area contributed by atoms with Gasteiger partial charge in [-0.05, 0) is 30.4 Å². The van der Waals surface area contributed by atoms with Gasteiger partial charge in [0.05, 0.1) is 11.9 Å². The van der Waals surface area contributed by atoms with Crippen molar-refractivity contribution < 1.29 is 28.4 Å². The molecule has 1 heterocycles. The molecule has 0 aliphatic heterocycles. The number of hydrogen-bond acceptors (Lipinski definition) is 7. The Morgan fingerprint density at radius 1 is 1.32 bits per heavy atom. The van der Waals surface area contributed by atoms with E-state index < -0.39 is 13.9 Å². The number of amides is 1. The maximum absolute atomic E-state index is 12.1. The van der Waals surface area contributed by atoms with E-state index in [1.165, 1.54) is 30.6 Å². The van der Waals surface area contributed by atoms with E-state index >= 15 is 0 Å². The number of ether oxygens (including phenoxy) is 1. The van der Waals surface area contributed by atoms with Crippen LogP contribution in [0, 0.1) is 0 Å². The summed E-state index contributed by atoms with van der Waals surface area (Å²) in [6.45, 7) is -0.283. The molecule has 148 valence electrons. The molecule has 0 radical (unpaired) electrons. The molecule has 0 saturated carbocycles. The number of nitrogens with one attached hydrogen (secondary N) is 2. The van der Waals surface area contributed by atoms with E-state index in [0.29, 0.717) is 11.4 Å². The largest absolute Gasteiger partial charge is 0.524 e. The van der Waals surface area contributed by atoms with E-state index in [-0.39, 0.29) is 23.0 Å². The van der Waals surface area contributed by atoms with Crippen molar-refractivity contribution in [3.63, 3.8) is 0 Å². The molecular weight excluding hydrogens is 409 g/mol. The number of carbonyl (C=O) groups excluding carboxylic acids is 1. The fraction of sp³-hybridized carbons (Fsp3) is 0.0667. The van der Waals surface area contributed by atoms with Gasteiger partial charge in [-0.25, -0.2) is 9.36 Å². The van der Waals surface area contributed by atoms with Gasteiger partial charge in [0, 0.05) is 11.8 Å². The molecule has 1 aromatic carbocycles. The molecule has 28 heavy (non-hydrogen) atoms. The molecule has 2 rings (SSSR count). The Balaban J connectivity index is 2.02. The van der Waals surface area contributed by atoms with Gasteiger partial charge >= 0.3 is 13.9 Å². The number of aromatic nitrogens is 1. The van der Waals surface area contributed by atoms with Crippen molar-refractivity contribution in [1.29, 1.82) is 0 Å². The Kier molecular flexibility index (Phi) is 7.41. The van der Waals surface area contributed by atoms with Crippen LogP contribution in [0.5, 0.6) is 5.75 Å². The number of rotatable bonds is 7. The summed E-state index contributed by atoms with van der Waals surface area (Å²) in [4.78, 5) is 34.0. The fourth-order valence-electron chi connectivity index (χ4n) is 1.91. The minimum atomic E-state index is -4.74. The molecule has 0 saturated heterocycles. The molecule has 11 nitrogen and oxygen atoms in total. The molecule has 1 amide bonds. The van der Waals surface area contributed by atoms with E-state index in [1.807, 2.05) is 0 Å². The number of phosphoric acid groups is 1. The maximum atomic E-state index is 12.1. The lowest BCUT2D eigenvalue weighted by Crippen LogP contribution is -2.24. The average molecular weight is 425 g/mol. The Bertz CT molecular complexity index is 935. The monoisotopic (exact) mass is 425 g/mol. The minimum absolute atomic E-state index is 0.0303. The number of anilines is 1. The molecular formula is C15H16N5O6PS. The summed E-state index contributed by atoms with van der Waals surface area (Å²) in [5.41, 5.74) is 8.51. The van der Waals surface area contributed by atoms with Gasteiger partial charge < -0.3 is 15.0 Å². The minimum Gasteiger partial charge on any atom is -0.444 e. The third-order valence-electron chi connectivity index (χ3n) is 2.99. The van der Waals surface area contributed by atoms with Crippen LogP contribution in [0.2, 0.25) is 0 Å². The van der Waals surface area contributed by atoms with Crippen molar-refractivity contribution in [2.45, 2.75) is 6.61 Å². The number of hydrogen-bond donors (Lipinski definition) is 5. The molecule has 2 aromatic rings. The first kappa shape index (κ1) is 21.3.